The van der Waals surface area contributed by atoms with Crippen molar-refractivity contribution in [3.63, 3.8) is 0 Å². The monoisotopic (exact) mass is 392 g/mol. The van der Waals surface area contributed by atoms with Gasteiger partial charge in [-0.2, -0.15) is 0 Å². The third kappa shape index (κ3) is 4.23. The number of hydrogen-bond donors (Lipinski definition) is 1. The van der Waals surface area contributed by atoms with Gasteiger partial charge in [0.15, 0.2) is 0 Å². The summed E-state index contributed by atoms with van der Waals surface area (Å²) in [5.41, 5.74) is 3.11. The van der Waals surface area contributed by atoms with Crippen LogP contribution in [0.5, 0.6) is 5.75 Å². The summed E-state index contributed by atoms with van der Waals surface area (Å²) in [6.45, 7) is 6.40. The lowest BCUT2D eigenvalue weighted by atomic mass is 10.2. The number of hydrogen-bond acceptors (Lipinski definition) is 5. The number of rotatable bonds is 4. The van der Waals surface area contributed by atoms with Crippen LogP contribution in [0.4, 0.5) is 4.79 Å². The summed E-state index contributed by atoms with van der Waals surface area (Å²) < 4.78 is 11.6. The number of nitrogens with one attached hydrogen (secondary N) is 1. The fourth-order valence-electron chi connectivity index (χ4n) is 3.24. The van der Waals surface area contributed by atoms with E-state index in [-0.39, 0.29) is 12.1 Å². The van der Waals surface area contributed by atoms with Gasteiger partial charge in [0.05, 0.1) is 29.0 Å². The first-order valence-electron chi connectivity index (χ1n) is 9.58. The third-order valence-corrected chi connectivity index (χ3v) is 4.56. The van der Waals surface area contributed by atoms with Crippen LogP contribution in [0.15, 0.2) is 55.0 Å². The van der Waals surface area contributed by atoms with Crippen LogP contribution in [0.1, 0.15) is 20.8 Å². The predicted octanol–water partition coefficient (Wildman–Crippen LogP) is 4.18. The first kappa shape index (κ1) is 19.0. The van der Waals surface area contributed by atoms with E-state index in [1.165, 1.54) is 0 Å². The molecule has 0 saturated heterocycles. The molecule has 1 N–H and O–H groups in total. The predicted molar refractivity (Wildman–Crippen MR) is 111 cm³/mol. The van der Waals surface area contributed by atoms with Crippen molar-refractivity contribution in [2.75, 3.05) is 13.2 Å². The number of ether oxygens (including phenoxy) is 2. The van der Waals surface area contributed by atoms with Crippen molar-refractivity contribution in [3.8, 4) is 17.0 Å². The molecule has 4 heterocycles. The molecule has 0 radical (unpaired) electrons. The lowest BCUT2D eigenvalue weighted by Gasteiger charge is -2.28. The molecule has 0 unspecified atom stereocenters. The average molecular weight is 392 g/mol. The fraction of sp³-hybridized carbons (Fsp3) is 0.318. The second kappa shape index (κ2) is 7.58. The zero-order valence-electron chi connectivity index (χ0n) is 16.8. The van der Waals surface area contributed by atoms with E-state index in [2.05, 4.69) is 15.0 Å². The SMILES string of the molecule is CC(C)(C)OC(=O)N1CC=C[C@H]1COc1cnccc1-c1cc2ncccc2[nH]1. The number of fused-ring (bicyclic) bond motifs is 1. The normalized spacial score (nSPS) is 16.4. The van der Waals surface area contributed by atoms with E-state index in [1.807, 2.05) is 57.2 Å². The van der Waals surface area contributed by atoms with Crippen LogP contribution in [0.25, 0.3) is 22.3 Å². The molecule has 0 spiro atoms. The molecule has 0 saturated carbocycles. The van der Waals surface area contributed by atoms with E-state index in [9.17, 15) is 4.79 Å². The topological polar surface area (TPSA) is 80.3 Å². The average Bonchev–Trinajstić information content (AvgIpc) is 3.32. The number of nitrogens with zero attached hydrogens (tertiary/aromatic N) is 3. The summed E-state index contributed by atoms with van der Waals surface area (Å²) in [5, 5.41) is 0. The molecule has 0 aliphatic carbocycles. The highest BCUT2D eigenvalue weighted by molar-refractivity contribution is 5.83. The Bertz CT molecular complexity index is 1020. The molecular weight excluding hydrogens is 368 g/mol. The molecule has 0 aromatic carbocycles. The molecular formula is C22H24N4O3. The number of carbonyl (C=O) groups excluding carboxylic acids is 1. The van der Waals surface area contributed by atoms with Crippen LogP contribution in [0, 0.1) is 0 Å². The van der Waals surface area contributed by atoms with Gasteiger partial charge >= 0.3 is 6.09 Å². The maximum Gasteiger partial charge on any atom is 0.411 e. The lowest BCUT2D eigenvalue weighted by molar-refractivity contribution is 0.0208. The minimum Gasteiger partial charge on any atom is -0.489 e. The summed E-state index contributed by atoms with van der Waals surface area (Å²) >= 11 is 0. The van der Waals surface area contributed by atoms with E-state index in [0.29, 0.717) is 18.9 Å². The molecule has 3 aromatic heterocycles. The van der Waals surface area contributed by atoms with Crippen molar-refractivity contribution < 1.29 is 14.3 Å². The summed E-state index contributed by atoms with van der Waals surface area (Å²) in [5.74, 6) is 0.642. The highest BCUT2D eigenvalue weighted by atomic mass is 16.6. The Morgan fingerprint density at radius 2 is 2.17 bits per heavy atom. The van der Waals surface area contributed by atoms with Gasteiger partial charge < -0.3 is 14.5 Å². The molecule has 1 aliphatic heterocycles. The zero-order valence-corrected chi connectivity index (χ0v) is 16.8. The Hall–Kier alpha value is -3.35. The Morgan fingerprint density at radius 3 is 2.97 bits per heavy atom. The molecule has 7 heteroatoms. The van der Waals surface area contributed by atoms with Gasteiger partial charge in [0.25, 0.3) is 0 Å². The summed E-state index contributed by atoms with van der Waals surface area (Å²) in [7, 11) is 0. The molecule has 7 nitrogen and oxygen atoms in total. The second-order valence-corrected chi connectivity index (χ2v) is 7.93. The van der Waals surface area contributed by atoms with E-state index in [0.717, 1.165) is 22.3 Å². The Kier molecular flexibility index (Phi) is 4.96. The smallest absolute Gasteiger partial charge is 0.411 e. The van der Waals surface area contributed by atoms with Crippen LogP contribution in [-0.4, -0.2) is 50.7 Å². The van der Waals surface area contributed by atoms with E-state index in [1.54, 1.807) is 23.5 Å². The van der Waals surface area contributed by atoms with Gasteiger partial charge in [0.1, 0.15) is 18.0 Å². The van der Waals surface area contributed by atoms with Crippen LogP contribution < -0.4 is 4.74 Å². The first-order valence-corrected chi connectivity index (χ1v) is 9.58. The summed E-state index contributed by atoms with van der Waals surface area (Å²) in [6, 6.07) is 7.57. The fourth-order valence-corrected chi connectivity index (χ4v) is 3.24. The standard InChI is InChI=1S/C22H24N4O3/c1-22(2,3)29-21(27)26-11-5-6-15(26)14-28-20-13-23-10-8-16(20)18-12-19-17(25-18)7-4-9-24-19/h4-10,12-13,15,25H,11,14H2,1-3H3/t15-/m0/s1. The Balaban J connectivity index is 1.50. The first-order chi connectivity index (χ1) is 13.9. The molecule has 1 aliphatic rings. The minimum atomic E-state index is -0.536. The number of carbonyl (C=O) groups is 1. The molecule has 4 rings (SSSR count). The Labute approximate surface area is 169 Å². The largest absolute Gasteiger partial charge is 0.489 e. The van der Waals surface area contributed by atoms with Gasteiger partial charge in [-0.3, -0.25) is 14.9 Å². The van der Waals surface area contributed by atoms with Gasteiger partial charge in [-0.05, 0) is 45.0 Å². The maximum atomic E-state index is 12.5. The molecule has 1 amide bonds. The molecule has 1 atom stereocenters. The number of H-pyrrole nitrogens is 1. The summed E-state index contributed by atoms with van der Waals surface area (Å²) in [6.07, 6.45) is 8.75. The lowest BCUT2D eigenvalue weighted by Crippen LogP contribution is -2.42. The van der Waals surface area contributed by atoms with Crippen molar-refractivity contribution in [1.82, 2.24) is 19.9 Å². The van der Waals surface area contributed by atoms with Gasteiger partial charge in [0, 0.05) is 24.5 Å². The van der Waals surface area contributed by atoms with Crippen molar-refractivity contribution in [3.05, 3.63) is 55.0 Å². The third-order valence-electron chi connectivity index (χ3n) is 4.56. The van der Waals surface area contributed by atoms with Gasteiger partial charge in [-0.1, -0.05) is 12.2 Å². The van der Waals surface area contributed by atoms with E-state index in [4.69, 9.17) is 9.47 Å². The number of pyridine rings is 2. The number of amides is 1. The maximum absolute atomic E-state index is 12.5. The molecule has 150 valence electrons. The molecule has 0 bridgehead atoms. The molecule has 29 heavy (non-hydrogen) atoms. The zero-order chi connectivity index (χ0) is 20.4. The van der Waals surface area contributed by atoms with E-state index >= 15 is 0 Å². The highest BCUT2D eigenvalue weighted by Crippen LogP contribution is 2.31. The van der Waals surface area contributed by atoms with Crippen LogP contribution in [0.2, 0.25) is 0 Å². The van der Waals surface area contributed by atoms with Crippen LogP contribution in [-0.2, 0) is 4.74 Å². The van der Waals surface area contributed by atoms with Crippen molar-refractivity contribution in [2.45, 2.75) is 32.4 Å². The minimum absolute atomic E-state index is 0.192. The van der Waals surface area contributed by atoms with Gasteiger partial charge in [-0.15, -0.1) is 0 Å². The number of aromatic amines is 1. The van der Waals surface area contributed by atoms with Crippen molar-refractivity contribution in [1.29, 1.82) is 0 Å². The summed E-state index contributed by atoms with van der Waals surface area (Å²) in [4.78, 5) is 26.0. The quantitative estimate of drug-likeness (QED) is 0.674. The van der Waals surface area contributed by atoms with Crippen LogP contribution in [0.3, 0.4) is 0 Å². The second-order valence-electron chi connectivity index (χ2n) is 7.93. The number of aromatic nitrogens is 3. The molecule has 0 fully saturated rings. The van der Waals surface area contributed by atoms with Gasteiger partial charge in [0.2, 0.25) is 0 Å². The Morgan fingerprint density at radius 1 is 1.31 bits per heavy atom. The van der Waals surface area contributed by atoms with Crippen molar-refractivity contribution >= 4 is 17.1 Å². The van der Waals surface area contributed by atoms with Gasteiger partial charge in [-0.25, -0.2) is 4.79 Å². The van der Waals surface area contributed by atoms with Crippen LogP contribution >= 0.6 is 0 Å². The highest BCUT2D eigenvalue weighted by Gasteiger charge is 2.29. The van der Waals surface area contributed by atoms with E-state index < -0.39 is 5.60 Å². The van der Waals surface area contributed by atoms with Crippen molar-refractivity contribution in [2.24, 2.45) is 0 Å². The molecule has 3 aromatic rings.